The molecular formula is C17H18N2O4S. The van der Waals surface area contributed by atoms with E-state index in [4.69, 9.17) is 4.74 Å². The maximum atomic E-state index is 11.9. The number of ketones is 1. The number of anilines is 2. The summed E-state index contributed by atoms with van der Waals surface area (Å²) in [6.45, 7) is -0.0171. The van der Waals surface area contributed by atoms with E-state index in [2.05, 4.69) is 10.6 Å². The summed E-state index contributed by atoms with van der Waals surface area (Å²) in [4.78, 5) is 35.8. The molecule has 0 fully saturated rings. The lowest BCUT2D eigenvalue weighted by Crippen LogP contribution is -2.17. The van der Waals surface area contributed by atoms with Crippen molar-refractivity contribution in [2.75, 3.05) is 24.4 Å². The van der Waals surface area contributed by atoms with Crippen LogP contribution < -0.4 is 10.6 Å². The van der Waals surface area contributed by atoms with E-state index in [1.54, 1.807) is 30.3 Å². The number of hydrogen-bond donors (Lipinski definition) is 2. The minimum atomic E-state index is -0.249. The maximum Gasteiger partial charge on any atom is 0.250 e. The lowest BCUT2D eigenvalue weighted by atomic mass is 10.2. The molecule has 2 aromatic rings. The highest BCUT2D eigenvalue weighted by atomic mass is 32.1. The second-order valence-electron chi connectivity index (χ2n) is 5.01. The van der Waals surface area contributed by atoms with Crippen LogP contribution in [0.5, 0.6) is 0 Å². The Morgan fingerprint density at radius 2 is 1.58 bits per heavy atom. The van der Waals surface area contributed by atoms with Crippen LogP contribution in [-0.4, -0.2) is 31.3 Å². The number of thiophene rings is 1. The number of rotatable bonds is 8. The van der Waals surface area contributed by atoms with Crippen molar-refractivity contribution in [1.29, 1.82) is 0 Å². The van der Waals surface area contributed by atoms with E-state index < -0.39 is 0 Å². The Morgan fingerprint density at radius 1 is 0.958 bits per heavy atom. The van der Waals surface area contributed by atoms with Crippen molar-refractivity contribution in [1.82, 2.24) is 0 Å². The molecule has 0 saturated heterocycles. The summed E-state index contributed by atoms with van der Waals surface area (Å²) in [6.07, 6.45) is 0.306. The maximum absolute atomic E-state index is 11.9. The van der Waals surface area contributed by atoms with Crippen molar-refractivity contribution in [3.05, 3.63) is 46.7 Å². The van der Waals surface area contributed by atoms with E-state index in [0.717, 1.165) is 0 Å². The fourth-order valence-corrected chi connectivity index (χ4v) is 2.67. The predicted molar refractivity (Wildman–Crippen MR) is 93.5 cm³/mol. The summed E-state index contributed by atoms with van der Waals surface area (Å²) in [5.41, 5.74) is 1.22. The molecule has 0 aliphatic rings. The van der Waals surface area contributed by atoms with Crippen LogP contribution in [0.1, 0.15) is 22.5 Å². The molecule has 126 valence electrons. The van der Waals surface area contributed by atoms with Crippen molar-refractivity contribution in [3.63, 3.8) is 0 Å². The Hall–Kier alpha value is -2.51. The molecule has 1 aromatic heterocycles. The number of nitrogens with one attached hydrogen (secondary N) is 2. The van der Waals surface area contributed by atoms with Gasteiger partial charge in [0.1, 0.15) is 6.61 Å². The summed E-state index contributed by atoms with van der Waals surface area (Å²) in [5, 5.41) is 7.22. The van der Waals surface area contributed by atoms with E-state index in [1.807, 2.05) is 11.4 Å². The SMILES string of the molecule is COCC(=O)Nc1ccc(NC(=O)CCC(=O)c2cccs2)cc1. The van der Waals surface area contributed by atoms with Crippen molar-refractivity contribution < 1.29 is 19.1 Å². The van der Waals surface area contributed by atoms with Crippen molar-refractivity contribution in [3.8, 4) is 0 Å². The Balaban J connectivity index is 1.79. The third-order valence-electron chi connectivity index (χ3n) is 3.10. The average molecular weight is 346 g/mol. The van der Waals surface area contributed by atoms with Crippen LogP contribution in [0.2, 0.25) is 0 Å². The first-order valence-electron chi connectivity index (χ1n) is 7.34. The van der Waals surface area contributed by atoms with Crippen LogP contribution >= 0.6 is 11.3 Å². The highest BCUT2D eigenvalue weighted by molar-refractivity contribution is 7.12. The van der Waals surface area contributed by atoms with Gasteiger partial charge in [0, 0.05) is 31.3 Å². The van der Waals surface area contributed by atoms with Gasteiger partial charge in [-0.2, -0.15) is 0 Å². The van der Waals surface area contributed by atoms with Crippen LogP contribution in [0.4, 0.5) is 11.4 Å². The third kappa shape index (κ3) is 5.60. The van der Waals surface area contributed by atoms with Crippen LogP contribution in [0.3, 0.4) is 0 Å². The molecule has 0 aliphatic carbocycles. The fraction of sp³-hybridized carbons (Fsp3) is 0.235. The van der Waals surface area contributed by atoms with E-state index in [1.165, 1.54) is 18.4 Å². The molecule has 6 nitrogen and oxygen atoms in total. The number of ether oxygens (including phenoxy) is 1. The van der Waals surface area contributed by atoms with Gasteiger partial charge in [-0.05, 0) is 35.7 Å². The van der Waals surface area contributed by atoms with Crippen molar-refractivity contribution >= 4 is 40.3 Å². The van der Waals surface area contributed by atoms with Gasteiger partial charge in [0.2, 0.25) is 11.8 Å². The van der Waals surface area contributed by atoms with Gasteiger partial charge in [0.15, 0.2) is 5.78 Å². The normalized spacial score (nSPS) is 10.2. The molecule has 0 saturated carbocycles. The molecule has 2 N–H and O–H groups in total. The Morgan fingerprint density at radius 3 is 2.12 bits per heavy atom. The average Bonchev–Trinajstić information content (AvgIpc) is 3.09. The number of carbonyl (C=O) groups excluding carboxylic acids is 3. The number of carbonyl (C=O) groups is 3. The molecule has 2 amide bonds. The molecule has 0 unspecified atom stereocenters. The number of benzene rings is 1. The summed E-state index contributed by atoms with van der Waals surface area (Å²) in [7, 11) is 1.45. The number of amides is 2. The topological polar surface area (TPSA) is 84.5 Å². The molecule has 0 spiro atoms. The molecule has 1 aromatic carbocycles. The molecule has 0 bridgehead atoms. The molecule has 2 rings (SSSR count). The molecule has 0 radical (unpaired) electrons. The van der Waals surface area contributed by atoms with Gasteiger partial charge >= 0.3 is 0 Å². The van der Waals surface area contributed by atoms with Crippen LogP contribution in [0, 0.1) is 0 Å². The van der Waals surface area contributed by atoms with Crippen molar-refractivity contribution in [2.24, 2.45) is 0 Å². The second kappa shape index (κ2) is 8.95. The van der Waals surface area contributed by atoms with Crippen LogP contribution in [-0.2, 0) is 14.3 Å². The summed E-state index contributed by atoms with van der Waals surface area (Å²) < 4.78 is 4.73. The van der Waals surface area contributed by atoms with Crippen molar-refractivity contribution in [2.45, 2.75) is 12.8 Å². The zero-order valence-corrected chi connectivity index (χ0v) is 14.0. The zero-order chi connectivity index (χ0) is 17.4. The van der Waals surface area contributed by atoms with Gasteiger partial charge in [0.25, 0.3) is 0 Å². The highest BCUT2D eigenvalue weighted by Gasteiger charge is 2.10. The standard InChI is InChI=1S/C17H18N2O4S/c1-23-11-17(22)19-13-6-4-12(5-7-13)18-16(21)9-8-14(20)15-3-2-10-24-15/h2-7,10H,8-9,11H2,1H3,(H,18,21)(H,19,22). The molecule has 7 heteroatoms. The molecule has 1 heterocycles. The number of methoxy groups -OCH3 is 1. The molecular weight excluding hydrogens is 328 g/mol. The summed E-state index contributed by atoms with van der Waals surface area (Å²) in [5.74, 6) is -0.506. The quantitative estimate of drug-likeness (QED) is 0.720. The Bertz CT molecular complexity index is 696. The lowest BCUT2D eigenvalue weighted by Gasteiger charge is -2.07. The van der Waals surface area contributed by atoms with E-state index >= 15 is 0 Å². The zero-order valence-electron chi connectivity index (χ0n) is 13.2. The smallest absolute Gasteiger partial charge is 0.250 e. The first-order chi connectivity index (χ1) is 11.6. The van der Waals surface area contributed by atoms with Gasteiger partial charge in [-0.3, -0.25) is 14.4 Å². The largest absolute Gasteiger partial charge is 0.375 e. The van der Waals surface area contributed by atoms with Gasteiger partial charge in [-0.1, -0.05) is 6.07 Å². The fourth-order valence-electron chi connectivity index (χ4n) is 1.98. The monoisotopic (exact) mass is 346 g/mol. The summed E-state index contributed by atoms with van der Waals surface area (Å²) >= 11 is 1.37. The van der Waals surface area contributed by atoms with E-state index in [9.17, 15) is 14.4 Å². The Labute approximate surface area is 143 Å². The van der Waals surface area contributed by atoms with E-state index in [0.29, 0.717) is 16.3 Å². The first kappa shape index (κ1) is 17.8. The van der Waals surface area contributed by atoms with Gasteiger partial charge in [-0.15, -0.1) is 11.3 Å². The molecule has 24 heavy (non-hydrogen) atoms. The highest BCUT2D eigenvalue weighted by Crippen LogP contribution is 2.15. The van der Waals surface area contributed by atoms with Gasteiger partial charge in [-0.25, -0.2) is 0 Å². The first-order valence-corrected chi connectivity index (χ1v) is 8.22. The van der Waals surface area contributed by atoms with Crippen LogP contribution in [0.15, 0.2) is 41.8 Å². The number of Topliss-reactive ketones (excluding diaryl/α,β-unsaturated/α-hetero) is 1. The minimum Gasteiger partial charge on any atom is -0.375 e. The van der Waals surface area contributed by atoms with E-state index in [-0.39, 0.29) is 37.0 Å². The molecule has 0 aliphatic heterocycles. The molecule has 0 atom stereocenters. The third-order valence-corrected chi connectivity index (χ3v) is 4.01. The minimum absolute atomic E-state index is 0.0171. The van der Waals surface area contributed by atoms with Gasteiger partial charge in [0.05, 0.1) is 4.88 Å². The van der Waals surface area contributed by atoms with Gasteiger partial charge < -0.3 is 15.4 Å². The lowest BCUT2D eigenvalue weighted by molar-refractivity contribution is -0.119. The summed E-state index contributed by atoms with van der Waals surface area (Å²) in [6, 6.07) is 10.3. The van der Waals surface area contributed by atoms with Crippen LogP contribution in [0.25, 0.3) is 0 Å². The predicted octanol–water partition coefficient (Wildman–Crippen LogP) is 2.93. The number of hydrogen-bond acceptors (Lipinski definition) is 5. The second-order valence-corrected chi connectivity index (χ2v) is 5.95. The Kier molecular flexibility index (Phi) is 6.65.